The number of nitrogens with two attached hydrogens (primary N) is 1. The van der Waals surface area contributed by atoms with Crippen molar-refractivity contribution in [3.8, 4) is 0 Å². The molecule has 0 aliphatic heterocycles. The zero-order valence-electron chi connectivity index (χ0n) is 8.42. The van der Waals surface area contributed by atoms with Gasteiger partial charge in [0.15, 0.2) is 0 Å². The second-order valence-electron chi connectivity index (χ2n) is 2.96. The Kier molecular flexibility index (Phi) is 6.56. The molecule has 0 saturated carbocycles. The Hall–Kier alpha value is -0.580. The number of hydrogen-bond acceptors (Lipinski definition) is 2. The third kappa shape index (κ3) is 3.81. The molecule has 0 unspecified atom stereocenters. The van der Waals surface area contributed by atoms with Gasteiger partial charge in [0.2, 0.25) is 0 Å². The van der Waals surface area contributed by atoms with Crippen LogP contribution in [0.15, 0.2) is 22.7 Å². The number of carbonyl (C=O) groups excluding carboxylic acids is 1. The number of nitrogens with one attached hydrogen (secondary N) is 1. The Morgan fingerprint density at radius 3 is 2.80 bits per heavy atom. The molecule has 0 heterocycles. The molecule has 84 valence electrons. The number of halogens is 2. The van der Waals surface area contributed by atoms with E-state index in [1.165, 1.54) is 0 Å². The van der Waals surface area contributed by atoms with E-state index in [0.29, 0.717) is 18.7 Å². The van der Waals surface area contributed by atoms with Crippen molar-refractivity contribution in [2.24, 2.45) is 5.73 Å². The molecule has 0 atom stereocenters. The van der Waals surface area contributed by atoms with Crippen LogP contribution in [0.25, 0.3) is 0 Å². The summed E-state index contributed by atoms with van der Waals surface area (Å²) >= 11 is 3.38. The van der Waals surface area contributed by atoms with Crippen LogP contribution < -0.4 is 11.1 Å². The van der Waals surface area contributed by atoms with Crippen LogP contribution in [-0.2, 0) is 0 Å². The summed E-state index contributed by atoms with van der Waals surface area (Å²) < 4.78 is 0.942. The number of rotatable bonds is 3. The highest BCUT2D eigenvalue weighted by atomic mass is 79.9. The standard InChI is InChI=1S/C10H13BrN2O.ClH/c1-7-8(3-2-4-9(7)11)10(14)13-6-5-12;/h2-4H,5-6,12H2,1H3,(H,13,14);1H. The summed E-state index contributed by atoms with van der Waals surface area (Å²) in [6, 6.07) is 5.55. The Labute approximate surface area is 104 Å². The molecule has 1 aromatic rings. The molecule has 5 heteroatoms. The molecule has 0 bridgehead atoms. The third-order valence-corrected chi connectivity index (χ3v) is 2.80. The lowest BCUT2D eigenvalue weighted by Crippen LogP contribution is -2.29. The molecule has 0 fully saturated rings. The van der Waals surface area contributed by atoms with Gasteiger partial charge in [-0.05, 0) is 24.6 Å². The van der Waals surface area contributed by atoms with E-state index in [0.717, 1.165) is 10.0 Å². The second-order valence-corrected chi connectivity index (χ2v) is 3.81. The summed E-state index contributed by atoms with van der Waals surface area (Å²) in [5.41, 5.74) is 6.93. The fourth-order valence-corrected chi connectivity index (χ4v) is 1.50. The number of benzene rings is 1. The molecule has 0 aliphatic carbocycles. The fraction of sp³-hybridized carbons (Fsp3) is 0.300. The highest BCUT2D eigenvalue weighted by molar-refractivity contribution is 9.10. The van der Waals surface area contributed by atoms with Crippen LogP contribution in [0.5, 0.6) is 0 Å². The van der Waals surface area contributed by atoms with Crippen molar-refractivity contribution >= 4 is 34.2 Å². The largest absolute Gasteiger partial charge is 0.351 e. The topological polar surface area (TPSA) is 55.1 Å². The van der Waals surface area contributed by atoms with E-state index in [4.69, 9.17) is 5.73 Å². The van der Waals surface area contributed by atoms with E-state index in [-0.39, 0.29) is 18.3 Å². The monoisotopic (exact) mass is 292 g/mol. The number of carbonyl (C=O) groups is 1. The van der Waals surface area contributed by atoms with Crippen molar-refractivity contribution in [1.82, 2.24) is 5.32 Å². The van der Waals surface area contributed by atoms with Gasteiger partial charge in [-0.2, -0.15) is 0 Å². The van der Waals surface area contributed by atoms with E-state index in [1.54, 1.807) is 6.07 Å². The van der Waals surface area contributed by atoms with Crippen molar-refractivity contribution in [1.29, 1.82) is 0 Å². The Bertz CT molecular complexity index is 344. The summed E-state index contributed by atoms with van der Waals surface area (Å²) in [7, 11) is 0. The summed E-state index contributed by atoms with van der Waals surface area (Å²) in [6.45, 7) is 2.87. The summed E-state index contributed by atoms with van der Waals surface area (Å²) in [5, 5.41) is 2.73. The summed E-state index contributed by atoms with van der Waals surface area (Å²) in [4.78, 5) is 11.6. The predicted molar refractivity (Wildman–Crippen MR) is 67.5 cm³/mol. The minimum absolute atomic E-state index is 0. The zero-order chi connectivity index (χ0) is 10.6. The molecule has 0 aromatic heterocycles. The van der Waals surface area contributed by atoms with Crippen LogP contribution >= 0.6 is 28.3 Å². The van der Waals surface area contributed by atoms with Gasteiger partial charge in [0.25, 0.3) is 5.91 Å². The highest BCUT2D eigenvalue weighted by Crippen LogP contribution is 2.18. The Morgan fingerprint density at radius 2 is 2.20 bits per heavy atom. The van der Waals surface area contributed by atoms with Crippen LogP contribution in [-0.4, -0.2) is 19.0 Å². The van der Waals surface area contributed by atoms with Crippen molar-refractivity contribution in [2.45, 2.75) is 6.92 Å². The summed E-state index contributed by atoms with van der Waals surface area (Å²) in [5.74, 6) is -0.0748. The molecular weight excluding hydrogens is 279 g/mol. The van der Waals surface area contributed by atoms with Gasteiger partial charge in [0.1, 0.15) is 0 Å². The van der Waals surface area contributed by atoms with Crippen molar-refractivity contribution < 1.29 is 4.79 Å². The lowest BCUT2D eigenvalue weighted by Gasteiger charge is -2.07. The Morgan fingerprint density at radius 1 is 1.53 bits per heavy atom. The molecule has 1 rings (SSSR count). The van der Waals surface area contributed by atoms with Crippen LogP contribution in [0.1, 0.15) is 15.9 Å². The van der Waals surface area contributed by atoms with E-state index in [1.807, 2.05) is 19.1 Å². The maximum absolute atomic E-state index is 11.6. The van der Waals surface area contributed by atoms with Gasteiger partial charge in [-0.25, -0.2) is 0 Å². The first-order chi connectivity index (χ1) is 6.66. The van der Waals surface area contributed by atoms with E-state index < -0.39 is 0 Å². The van der Waals surface area contributed by atoms with E-state index in [2.05, 4.69) is 21.2 Å². The quantitative estimate of drug-likeness (QED) is 0.894. The van der Waals surface area contributed by atoms with Gasteiger partial charge in [0.05, 0.1) is 0 Å². The van der Waals surface area contributed by atoms with E-state index in [9.17, 15) is 4.79 Å². The van der Waals surface area contributed by atoms with Gasteiger partial charge in [-0.15, -0.1) is 12.4 Å². The van der Waals surface area contributed by atoms with Crippen molar-refractivity contribution in [3.05, 3.63) is 33.8 Å². The highest BCUT2D eigenvalue weighted by Gasteiger charge is 2.09. The van der Waals surface area contributed by atoms with Gasteiger partial charge in [0, 0.05) is 23.1 Å². The molecule has 0 aliphatic rings. The van der Waals surface area contributed by atoms with E-state index >= 15 is 0 Å². The summed E-state index contributed by atoms with van der Waals surface area (Å²) in [6.07, 6.45) is 0. The Balaban J connectivity index is 0.00000196. The molecular formula is C10H14BrClN2O. The first-order valence-electron chi connectivity index (χ1n) is 4.40. The molecule has 0 spiro atoms. The molecule has 3 nitrogen and oxygen atoms in total. The third-order valence-electron chi connectivity index (χ3n) is 1.94. The minimum atomic E-state index is -0.0748. The first kappa shape index (κ1) is 14.4. The van der Waals surface area contributed by atoms with Crippen LogP contribution in [0.3, 0.4) is 0 Å². The molecule has 0 radical (unpaired) electrons. The predicted octanol–water partition coefficient (Wildman–Crippen LogP) is 1.87. The molecule has 1 amide bonds. The molecule has 15 heavy (non-hydrogen) atoms. The minimum Gasteiger partial charge on any atom is -0.351 e. The fourth-order valence-electron chi connectivity index (χ4n) is 1.13. The number of amides is 1. The van der Waals surface area contributed by atoms with Crippen LogP contribution in [0.2, 0.25) is 0 Å². The molecule has 0 saturated heterocycles. The average Bonchev–Trinajstić information content (AvgIpc) is 2.18. The number of hydrogen-bond donors (Lipinski definition) is 2. The zero-order valence-corrected chi connectivity index (χ0v) is 10.8. The lowest BCUT2D eigenvalue weighted by atomic mass is 10.1. The average molecular weight is 294 g/mol. The maximum atomic E-state index is 11.6. The van der Waals surface area contributed by atoms with Gasteiger partial charge in [-0.1, -0.05) is 22.0 Å². The van der Waals surface area contributed by atoms with Crippen LogP contribution in [0, 0.1) is 6.92 Å². The SMILES string of the molecule is Cc1c(Br)cccc1C(=O)NCCN.Cl. The maximum Gasteiger partial charge on any atom is 0.251 e. The normalized spacial score (nSPS) is 9.27. The van der Waals surface area contributed by atoms with Gasteiger partial charge < -0.3 is 11.1 Å². The first-order valence-corrected chi connectivity index (χ1v) is 5.19. The smallest absolute Gasteiger partial charge is 0.251 e. The lowest BCUT2D eigenvalue weighted by molar-refractivity contribution is 0.0954. The van der Waals surface area contributed by atoms with Gasteiger partial charge >= 0.3 is 0 Å². The van der Waals surface area contributed by atoms with Gasteiger partial charge in [-0.3, -0.25) is 4.79 Å². The molecule has 1 aromatic carbocycles. The van der Waals surface area contributed by atoms with Crippen molar-refractivity contribution in [3.63, 3.8) is 0 Å². The second kappa shape index (κ2) is 6.82. The van der Waals surface area contributed by atoms with Crippen molar-refractivity contribution in [2.75, 3.05) is 13.1 Å². The molecule has 3 N–H and O–H groups in total. The van der Waals surface area contributed by atoms with Crippen LogP contribution in [0.4, 0.5) is 0 Å².